The second kappa shape index (κ2) is 4.13. The maximum absolute atomic E-state index is 10.4. The zero-order chi connectivity index (χ0) is 7.28. The second-order valence-electron chi connectivity index (χ2n) is 2.13. The molecule has 0 spiro atoms. The first-order valence-corrected chi connectivity index (χ1v) is 2.93. The molecule has 9 heavy (non-hydrogen) atoms. The Morgan fingerprint density at radius 3 is 2.44 bits per heavy atom. The molecule has 0 aromatic heterocycles. The summed E-state index contributed by atoms with van der Waals surface area (Å²) >= 11 is 0. The van der Waals surface area contributed by atoms with Crippen molar-refractivity contribution in [2.75, 3.05) is 7.11 Å². The van der Waals surface area contributed by atoms with Crippen molar-refractivity contribution >= 4 is 5.97 Å². The van der Waals surface area contributed by atoms with E-state index in [9.17, 15) is 4.79 Å². The lowest BCUT2D eigenvalue weighted by Crippen LogP contribution is -1.94. The summed E-state index contributed by atoms with van der Waals surface area (Å²) in [5.74, 6) is 0.118. The Morgan fingerprint density at radius 2 is 2.11 bits per heavy atom. The van der Waals surface area contributed by atoms with E-state index in [1.807, 2.05) is 13.8 Å². The lowest BCUT2D eigenvalue weighted by atomic mass is 10.2. The van der Waals surface area contributed by atoms with Crippen molar-refractivity contribution in [2.45, 2.75) is 13.8 Å². The van der Waals surface area contributed by atoms with Gasteiger partial charge in [-0.1, -0.05) is 19.9 Å². The van der Waals surface area contributed by atoms with Crippen molar-refractivity contribution in [1.82, 2.24) is 0 Å². The van der Waals surface area contributed by atoms with E-state index in [2.05, 4.69) is 4.74 Å². The first kappa shape index (κ1) is 8.21. The van der Waals surface area contributed by atoms with E-state index in [0.29, 0.717) is 5.92 Å². The molecule has 0 aromatic carbocycles. The fourth-order valence-electron chi connectivity index (χ4n) is 0.339. The van der Waals surface area contributed by atoms with Crippen LogP contribution < -0.4 is 0 Å². The Bertz CT molecular complexity index is 114. The molecule has 0 saturated heterocycles. The van der Waals surface area contributed by atoms with Crippen LogP contribution in [-0.4, -0.2) is 13.1 Å². The van der Waals surface area contributed by atoms with Gasteiger partial charge in [0.1, 0.15) is 0 Å². The topological polar surface area (TPSA) is 26.3 Å². The predicted octanol–water partition coefficient (Wildman–Crippen LogP) is 1.37. The fraction of sp³-hybridized carbons (Fsp3) is 0.571. The zero-order valence-electron chi connectivity index (χ0n) is 6.05. The van der Waals surface area contributed by atoms with Gasteiger partial charge in [-0.15, -0.1) is 0 Å². The summed E-state index contributed by atoms with van der Waals surface area (Å²) in [6.07, 6.45) is 3.23. The molecule has 2 nitrogen and oxygen atoms in total. The maximum Gasteiger partial charge on any atom is 0.330 e. The van der Waals surface area contributed by atoms with E-state index in [1.165, 1.54) is 13.2 Å². The van der Waals surface area contributed by atoms with Crippen LogP contribution in [0, 0.1) is 5.92 Å². The third kappa shape index (κ3) is 5.07. The Morgan fingerprint density at radius 1 is 1.56 bits per heavy atom. The highest BCUT2D eigenvalue weighted by molar-refractivity contribution is 5.81. The number of esters is 1. The summed E-state index contributed by atoms with van der Waals surface area (Å²) < 4.78 is 4.37. The van der Waals surface area contributed by atoms with Crippen molar-refractivity contribution in [3.8, 4) is 0 Å². The molecule has 0 heterocycles. The molecule has 0 aromatic rings. The third-order valence-electron chi connectivity index (χ3n) is 0.818. The van der Waals surface area contributed by atoms with Gasteiger partial charge >= 0.3 is 5.97 Å². The number of hydrogen-bond donors (Lipinski definition) is 0. The van der Waals surface area contributed by atoms with Crippen LogP contribution in [0.1, 0.15) is 13.8 Å². The van der Waals surface area contributed by atoms with Crippen molar-refractivity contribution in [3.63, 3.8) is 0 Å². The van der Waals surface area contributed by atoms with E-state index < -0.39 is 0 Å². The summed E-state index contributed by atoms with van der Waals surface area (Å²) in [5, 5.41) is 0. The first-order chi connectivity index (χ1) is 4.16. The van der Waals surface area contributed by atoms with Gasteiger partial charge in [0.25, 0.3) is 0 Å². The Labute approximate surface area is 55.5 Å². The lowest BCUT2D eigenvalue weighted by molar-refractivity contribution is -0.134. The standard InChI is InChI=1S/C7H12O2/c1-6(2)4-5-7(8)9-3/h4-6H,1-3H3/b5-4+. The number of rotatable bonds is 2. The number of allylic oxidation sites excluding steroid dienone is 1. The van der Waals surface area contributed by atoms with Crippen LogP contribution >= 0.6 is 0 Å². The minimum Gasteiger partial charge on any atom is -0.466 e. The first-order valence-electron chi connectivity index (χ1n) is 2.93. The highest BCUT2D eigenvalue weighted by Gasteiger charge is 1.90. The highest BCUT2D eigenvalue weighted by Crippen LogP contribution is 1.92. The van der Waals surface area contributed by atoms with Gasteiger partial charge in [0.2, 0.25) is 0 Å². The molecule has 0 aliphatic rings. The highest BCUT2D eigenvalue weighted by atomic mass is 16.5. The molecule has 52 valence electrons. The van der Waals surface area contributed by atoms with E-state index in [1.54, 1.807) is 6.08 Å². The summed E-state index contributed by atoms with van der Waals surface area (Å²) in [6.45, 7) is 4.00. The van der Waals surface area contributed by atoms with Gasteiger partial charge in [-0.2, -0.15) is 0 Å². The SMILES string of the molecule is COC(=O)/C=C/C(C)C. The van der Waals surface area contributed by atoms with Crippen LogP contribution in [0.15, 0.2) is 12.2 Å². The van der Waals surface area contributed by atoms with E-state index >= 15 is 0 Å². The number of carbonyl (C=O) groups excluding carboxylic acids is 1. The third-order valence-corrected chi connectivity index (χ3v) is 0.818. The van der Waals surface area contributed by atoms with Crippen LogP contribution in [0.5, 0.6) is 0 Å². The minimum absolute atomic E-state index is 0.288. The number of hydrogen-bond acceptors (Lipinski definition) is 2. The molecule has 0 unspecified atom stereocenters. The quantitative estimate of drug-likeness (QED) is 0.414. The molecule has 0 aliphatic carbocycles. The van der Waals surface area contributed by atoms with Gasteiger partial charge in [0, 0.05) is 6.08 Å². The molecule has 0 fully saturated rings. The largest absolute Gasteiger partial charge is 0.466 e. The van der Waals surface area contributed by atoms with Crippen molar-refractivity contribution in [1.29, 1.82) is 0 Å². The Balaban J connectivity index is 3.57. The molecular weight excluding hydrogens is 116 g/mol. The normalized spacial score (nSPS) is 10.7. The molecule has 2 heteroatoms. The van der Waals surface area contributed by atoms with Crippen molar-refractivity contribution in [3.05, 3.63) is 12.2 Å². The smallest absolute Gasteiger partial charge is 0.330 e. The molecule has 0 bridgehead atoms. The Kier molecular flexibility index (Phi) is 3.76. The average Bonchev–Trinajstić information content (AvgIpc) is 1.83. The van der Waals surface area contributed by atoms with Gasteiger partial charge in [-0.25, -0.2) is 4.79 Å². The second-order valence-corrected chi connectivity index (χ2v) is 2.13. The minimum atomic E-state index is -0.288. The average molecular weight is 128 g/mol. The maximum atomic E-state index is 10.4. The Hall–Kier alpha value is -0.790. The van der Waals surface area contributed by atoms with Gasteiger partial charge in [-0.05, 0) is 5.92 Å². The predicted molar refractivity (Wildman–Crippen MR) is 36.0 cm³/mol. The molecule has 0 amide bonds. The summed E-state index contributed by atoms with van der Waals surface area (Å²) in [7, 11) is 1.37. The van der Waals surface area contributed by atoms with Crippen LogP contribution in [0.3, 0.4) is 0 Å². The summed E-state index contributed by atoms with van der Waals surface area (Å²) in [5.41, 5.74) is 0. The van der Waals surface area contributed by atoms with Crippen molar-refractivity contribution < 1.29 is 9.53 Å². The summed E-state index contributed by atoms with van der Waals surface area (Å²) in [4.78, 5) is 10.4. The number of carbonyl (C=O) groups is 1. The van der Waals surface area contributed by atoms with Crippen LogP contribution in [0.2, 0.25) is 0 Å². The van der Waals surface area contributed by atoms with Crippen LogP contribution in [-0.2, 0) is 9.53 Å². The monoisotopic (exact) mass is 128 g/mol. The van der Waals surface area contributed by atoms with E-state index in [4.69, 9.17) is 0 Å². The van der Waals surface area contributed by atoms with Gasteiger partial charge in [-0.3, -0.25) is 0 Å². The van der Waals surface area contributed by atoms with Gasteiger partial charge in [0.15, 0.2) is 0 Å². The zero-order valence-corrected chi connectivity index (χ0v) is 6.05. The molecule has 0 saturated carbocycles. The van der Waals surface area contributed by atoms with Crippen LogP contribution in [0.4, 0.5) is 0 Å². The van der Waals surface area contributed by atoms with E-state index in [-0.39, 0.29) is 5.97 Å². The molecule has 0 atom stereocenters. The van der Waals surface area contributed by atoms with Gasteiger partial charge in [0.05, 0.1) is 7.11 Å². The molecule has 0 N–H and O–H groups in total. The van der Waals surface area contributed by atoms with Gasteiger partial charge < -0.3 is 4.74 Å². The molecular formula is C7H12O2. The summed E-state index contributed by atoms with van der Waals surface area (Å²) in [6, 6.07) is 0. The van der Waals surface area contributed by atoms with E-state index in [0.717, 1.165) is 0 Å². The van der Waals surface area contributed by atoms with Crippen LogP contribution in [0.25, 0.3) is 0 Å². The molecule has 0 radical (unpaired) electrons. The molecule has 0 aliphatic heterocycles. The lowest BCUT2D eigenvalue weighted by Gasteiger charge is -1.92. The fourth-order valence-corrected chi connectivity index (χ4v) is 0.339. The number of methoxy groups -OCH3 is 1. The molecule has 0 rings (SSSR count). The van der Waals surface area contributed by atoms with Crippen molar-refractivity contribution in [2.24, 2.45) is 5.92 Å². The number of ether oxygens (including phenoxy) is 1.